The Hall–Kier alpha value is -2.15. The molecule has 0 bridgehead atoms. The van der Waals surface area contributed by atoms with E-state index in [9.17, 15) is 0 Å². The Kier molecular flexibility index (Phi) is 10.5. The van der Waals surface area contributed by atoms with E-state index in [1.54, 1.807) is 21.3 Å². The van der Waals surface area contributed by atoms with Gasteiger partial charge in [0.15, 0.2) is 5.96 Å². The van der Waals surface area contributed by atoms with Gasteiger partial charge in [-0.05, 0) is 45.8 Å². The molecule has 0 atom stereocenters. The number of ether oxygens (including phenoxy) is 3. The smallest absolute Gasteiger partial charge is 0.191 e. The molecular formula is C22H38N4O3. The highest BCUT2D eigenvalue weighted by atomic mass is 16.5. The molecule has 1 aliphatic rings. The van der Waals surface area contributed by atoms with Crippen LogP contribution in [0.5, 0.6) is 17.2 Å². The molecule has 0 spiro atoms. The van der Waals surface area contributed by atoms with Crippen LogP contribution in [0.2, 0.25) is 0 Å². The fourth-order valence-electron chi connectivity index (χ4n) is 3.60. The summed E-state index contributed by atoms with van der Waals surface area (Å²) < 4.78 is 16.4. The number of guanidine groups is 1. The molecule has 1 fully saturated rings. The molecule has 1 heterocycles. The first-order valence-corrected chi connectivity index (χ1v) is 10.7. The molecule has 0 unspecified atom stereocenters. The first-order valence-electron chi connectivity index (χ1n) is 10.7. The van der Waals surface area contributed by atoms with E-state index in [0.717, 1.165) is 37.6 Å². The quantitative estimate of drug-likeness (QED) is 0.354. The molecule has 164 valence electrons. The Labute approximate surface area is 175 Å². The van der Waals surface area contributed by atoms with Crippen LogP contribution in [0.1, 0.15) is 44.6 Å². The van der Waals surface area contributed by atoms with Crippen LogP contribution in [0.15, 0.2) is 17.1 Å². The van der Waals surface area contributed by atoms with E-state index in [1.165, 1.54) is 38.8 Å². The lowest BCUT2D eigenvalue weighted by Crippen LogP contribution is -2.39. The molecular weight excluding hydrogens is 368 g/mol. The van der Waals surface area contributed by atoms with Crippen molar-refractivity contribution in [2.75, 3.05) is 54.1 Å². The van der Waals surface area contributed by atoms with Gasteiger partial charge >= 0.3 is 0 Å². The molecule has 0 aromatic heterocycles. The zero-order valence-corrected chi connectivity index (χ0v) is 18.6. The van der Waals surface area contributed by atoms with Crippen molar-refractivity contribution in [1.29, 1.82) is 0 Å². The molecule has 1 aromatic carbocycles. The van der Waals surface area contributed by atoms with Crippen LogP contribution in [0.25, 0.3) is 0 Å². The summed E-state index contributed by atoms with van der Waals surface area (Å²) >= 11 is 0. The van der Waals surface area contributed by atoms with Crippen molar-refractivity contribution in [2.45, 2.75) is 45.6 Å². The van der Waals surface area contributed by atoms with Gasteiger partial charge in [-0.25, -0.2) is 4.99 Å². The van der Waals surface area contributed by atoms with Gasteiger partial charge in [-0.15, -0.1) is 0 Å². The van der Waals surface area contributed by atoms with Crippen LogP contribution in [0.3, 0.4) is 0 Å². The molecule has 0 saturated carbocycles. The maximum atomic E-state index is 5.52. The second kappa shape index (κ2) is 13.1. The average molecular weight is 407 g/mol. The van der Waals surface area contributed by atoms with Gasteiger partial charge < -0.3 is 29.7 Å². The van der Waals surface area contributed by atoms with E-state index in [4.69, 9.17) is 19.2 Å². The van der Waals surface area contributed by atoms with Crippen molar-refractivity contribution in [3.05, 3.63) is 17.7 Å². The Balaban J connectivity index is 1.94. The summed E-state index contributed by atoms with van der Waals surface area (Å²) in [5, 5.41) is 6.77. The third-order valence-electron chi connectivity index (χ3n) is 5.20. The number of hydrogen-bond acceptors (Lipinski definition) is 5. The predicted octanol–water partition coefficient (Wildman–Crippen LogP) is 3.03. The lowest BCUT2D eigenvalue weighted by Gasteiger charge is -2.20. The molecule has 1 saturated heterocycles. The maximum absolute atomic E-state index is 5.52. The summed E-state index contributed by atoms with van der Waals surface area (Å²) in [6.45, 7) is 7.87. The number of benzene rings is 1. The Morgan fingerprint density at radius 3 is 2.17 bits per heavy atom. The van der Waals surface area contributed by atoms with E-state index in [0.29, 0.717) is 23.8 Å². The second-order valence-electron chi connectivity index (χ2n) is 7.24. The van der Waals surface area contributed by atoms with Crippen molar-refractivity contribution in [3.63, 3.8) is 0 Å². The summed E-state index contributed by atoms with van der Waals surface area (Å²) in [5.41, 5.74) is 0.901. The number of nitrogens with one attached hydrogen (secondary N) is 2. The highest BCUT2D eigenvalue weighted by molar-refractivity contribution is 5.79. The molecule has 7 heteroatoms. The van der Waals surface area contributed by atoms with Crippen LogP contribution in [0.4, 0.5) is 0 Å². The molecule has 0 radical (unpaired) electrons. The van der Waals surface area contributed by atoms with E-state index in [2.05, 4.69) is 22.5 Å². The van der Waals surface area contributed by atoms with Crippen LogP contribution >= 0.6 is 0 Å². The average Bonchev–Trinajstić information content (AvgIpc) is 3.03. The van der Waals surface area contributed by atoms with Gasteiger partial charge in [0.2, 0.25) is 0 Å². The first-order chi connectivity index (χ1) is 14.2. The van der Waals surface area contributed by atoms with Gasteiger partial charge in [-0.1, -0.05) is 12.8 Å². The summed E-state index contributed by atoms with van der Waals surface area (Å²) in [4.78, 5) is 7.32. The summed E-state index contributed by atoms with van der Waals surface area (Å²) in [5.74, 6) is 2.93. The van der Waals surface area contributed by atoms with Gasteiger partial charge in [0, 0.05) is 25.2 Å². The summed E-state index contributed by atoms with van der Waals surface area (Å²) in [7, 11) is 4.92. The van der Waals surface area contributed by atoms with Gasteiger partial charge in [-0.2, -0.15) is 0 Å². The molecule has 7 nitrogen and oxygen atoms in total. The van der Waals surface area contributed by atoms with E-state index < -0.39 is 0 Å². The lowest BCUT2D eigenvalue weighted by molar-refractivity contribution is 0.282. The zero-order valence-electron chi connectivity index (χ0n) is 18.6. The Bertz CT molecular complexity index is 603. The van der Waals surface area contributed by atoms with Gasteiger partial charge in [0.25, 0.3) is 0 Å². The molecule has 1 aliphatic heterocycles. The number of methoxy groups -OCH3 is 3. The molecule has 2 N–H and O–H groups in total. The minimum absolute atomic E-state index is 0.456. The van der Waals surface area contributed by atoms with Crippen LogP contribution < -0.4 is 24.8 Å². The van der Waals surface area contributed by atoms with Crippen molar-refractivity contribution in [2.24, 2.45) is 4.99 Å². The molecule has 0 aliphatic carbocycles. The van der Waals surface area contributed by atoms with Crippen LogP contribution in [0, 0.1) is 0 Å². The number of aliphatic imine (C=N–C) groups is 1. The standard InChI is InChI=1S/C22H38N4O3/c1-5-23-22(24-11-10-14-26-12-8-6-7-9-13-26)25-17-19-20(28-3)15-18(27-2)16-21(19)29-4/h15-16H,5-14,17H2,1-4H3,(H2,23,24,25). The Morgan fingerprint density at radius 1 is 0.966 bits per heavy atom. The lowest BCUT2D eigenvalue weighted by atomic mass is 10.1. The fraction of sp³-hybridized carbons (Fsp3) is 0.682. The summed E-state index contributed by atoms with van der Waals surface area (Å²) in [6, 6.07) is 3.71. The number of hydrogen-bond donors (Lipinski definition) is 2. The molecule has 1 aromatic rings. The number of nitrogens with zero attached hydrogens (tertiary/aromatic N) is 2. The van der Waals surface area contributed by atoms with Crippen molar-refractivity contribution in [1.82, 2.24) is 15.5 Å². The van der Waals surface area contributed by atoms with Crippen LogP contribution in [-0.2, 0) is 6.54 Å². The van der Waals surface area contributed by atoms with Crippen molar-refractivity contribution in [3.8, 4) is 17.2 Å². The van der Waals surface area contributed by atoms with Crippen molar-refractivity contribution >= 4 is 5.96 Å². The first kappa shape index (κ1) is 23.1. The third kappa shape index (κ3) is 7.65. The zero-order chi connectivity index (χ0) is 20.9. The predicted molar refractivity (Wildman–Crippen MR) is 118 cm³/mol. The van der Waals surface area contributed by atoms with Crippen molar-refractivity contribution < 1.29 is 14.2 Å². The van der Waals surface area contributed by atoms with Gasteiger partial charge in [-0.3, -0.25) is 0 Å². The number of rotatable bonds is 10. The maximum Gasteiger partial charge on any atom is 0.191 e. The monoisotopic (exact) mass is 406 g/mol. The minimum atomic E-state index is 0.456. The summed E-state index contributed by atoms with van der Waals surface area (Å²) in [6.07, 6.45) is 6.54. The second-order valence-corrected chi connectivity index (χ2v) is 7.24. The van der Waals surface area contributed by atoms with Gasteiger partial charge in [0.1, 0.15) is 17.2 Å². The molecule has 29 heavy (non-hydrogen) atoms. The minimum Gasteiger partial charge on any atom is -0.496 e. The van der Waals surface area contributed by atoms with E-state index >= 15 is 0 Å². The third-order valence-corrected chi connectivity index (χ3v) is 5.20. The van der Waals surface area contributed by atoms with E-state index in [-0.39, 0.29) is 0 Å². The van der Waals surface area contributed by atoms with Crippen LogP contribution in [-0.4, -0.2) is 64.9 Å². The topological polar surface area (TPSA) is 67.4 Å². The fourth-order valence-corrected chi connectivity index (χ4v) is 3.60. The van der Waals surface area contributed by atoms with E-state index in [1.807, 2.05) is 12.1 Å². The Morgan fingerprint density at radius 2 is 1.62 bits per heavy atom. The largest absolute Gasteiger partial charge is 0.496 e. The van der Waals surface area contributed by atoms with Gasteiger partial charge in [0.05, 0.1) is 33.4 Å². The molecule has 0 amide bonds. The normalized spacial score (nSPS) is 15.5. The highest BCUT2D eigenvalue weighted by Gasteiger charge is 2.13. The highest BCUT2D eigenvalue weighted by Crippen LogP contribution is 2.34. The SMILES string of the molecule is CCNC(=NCc1c(OC)cc(OC)cc1OC)NCCCN1CCCCCC1. The number of likely N-dealkylation sites (tertiary alicyclic amines) is 1. The molecule has 2 rings (SSSR count).